The number of rotatable bonds is 6. The van der Waals surface area contributed by atoms with E-state index in [1.807, 2.05) is 6.92 Å². The standard InChI is InChI=1S/C9H19N5O/c1-4-15-8(7(2)3)9-11-12-13-14(9)6-5-10/h7-8H,4-6,10H2,1-3H3. The Morgan fingerprint density at radius 3 is 2.73 bits per heavy atom. The molecule has 0 aliphatic carbocycles. The van der Waals surface area contributed by atoms with Gasteiger partial charge in [-0.15, -0.1) is 5.10 Å². The fourth-order valence-corrected chi connectivity index (χ4v) is 1.44. The predicted octanol–water partition coefficient (Wildman–Crippen LogP) is 0.365. The molecule has 0 fully saturated rings. The lowest BCUT2D eigenvalue weighted by Crippen LogP contribution is -2.20. The summed E-state index contributed by atoms with van der Waals surface area (Å²) in [4.78, 5) is 0. The van der Waals surface area contributed by atoms with Gasteiger partial charge in [0.25, 0.3) is 0 Å². The second kappa shape index (κ2) is 5.77. The van der Waals surface area contributed by atoms with Crippen molar-refractivity contribution in [3.63, 3.8) is 0 Å². The van der Waals surface area contributed by atoms with Crippen LogP contribution in [0.15, 0.2) is 0 Å². The molecule has 1 heterocycles. The largest absolute Gasteiger partial charge is 0.370 e. The van der Waals surface area contributed by atoms with Crippen LogP contribution in [0.1, 0.15) is 32.7 Å². The molecule has 1 aromatic heterocycles. The highest BCUT2D eigenvalue weighted by molar-refractivity contribution is 4.90. The van der Waals surface area contributed by atoms with E-state index in [1.54, 1.807) is 4.68 Å². The summed E-state index contributed by atoms with van der Waals surface area (Å²) in [5, 5.41) is 11.5. The van der Waals surface area contributed by atoms with Crippen molar-refractivity contribution in [2.45, 2.75) is 33.4 Å². The first kappa shape index (κ1) is 12.1. The zero-order valence-corrected chi connectivity index (χ0v) is 9.55. The van der Waals surface area contributed by atoms with Crippen LogP contribution < -0.4 is 5.73 Å². The molecule has 0 radical (unpaired) electrons. The number of tetrazole rings is 1. The third-order valence-corrected chi connectivity index (χ3v) is 2.11. The molecule has 2 N–H and O–H groups in total. The Balaban J connectivity index is 2.84. The van der Waals surface area contributed by atoms with Crippen LogP contribution >= 0.6 is 0 Å². The van der Waals surface area contributed by atoms with Crippen molar-refractivity contribution in [2.75, 3.05) is 13.2 Å². The number of ether oxygens (including phenoxy) is 1. The molecular formula is C9H19N5O. The summed E-state index contributed by atoms with van der Waals surface area (Å²) in [6, 6.07) is 0. The van der Waals surface area contributed by atoms with Gasteiger partial charge in [0.1, 0.15) is 6.10 Å². The third kappa shape index (κ3) is 2.97. The molecule has 15 heavy (non-hydrogen) atoms. The van der Waals surface area contributed by atoms with Crippen molar-refractivity contribution in [1.82, 2.24) is 20.2 Å². The van der Waals surface area contributed by atoms with Gasteiger partial charge in [0.2, 0.25) is 0 Å². The van der Waals surface area contributed by atoms with E-state index in [1.165, 1.54) is 0 Å². The summed E-state index contributed by atoms with van der Waals surface area (Å²) in [5.41, 5.74) is 5.48. The van der Waals surface area contributed by atoms with E-state index in [0.717, 1.165) is 5.82 Å². The molecular weight excluding hydrogens is 194 g/mol. The lowest BCUT2D eigenvalue weighted by molar-refractivity contribution is 0.0200. The summed E-state index contributed by atoms with van der Waals surface area (Å²) >= 11 is 0. The molecule has 1 unspecified atom stereocenters. The highest BCUT2D eigenvalue weighted by atomic mass is 16.5. The Bertz CT molecular complexity index is 286. The molecule has 0 bridgehead atoms. The van der Waals surface area contributed by atoms with E-state index in [-0.39, 0.29) is 6.10 Å². The van der Waals surface area contributed by atoms with Crippen molar-refractivity contribution in [1.29, 1.82) is 0 Å². The lowest BCUT2D eigenvalue weighted by atomic mass is 10.1. The van der Waals surface area contributed by atoms with E-state index in [4.69, 9.17) is 10.5 Å². The van der Waals surface area contributed by atoms with E-state index in [0.29, 0.717) is 25.6 Å². The van der Waals surface area contributed by atoms with Gasteiger partial charge in [-0.05, 0) is 23.3 Å². The SMILES string of the molecule is CCOC(c1nnnn1CCN)C(C)C. The maximum Gasteiger partial charge on any atom is 0.180 e. The van der Waals surface area contributed by atoms with Crippen LogP contribution in [0.3, 0.4) is 0 Å². The zero-order chi connectivity index (χ0) is 11.3. The minimum absolute atomic E-state index is 0.0588. The summed E-state index contributed by atoms with van der Waals surface area (Å²) in [7, 11) is 0. The summed E-state index contributed by atoms with van der Waals surface area (Å²) in [5.74, 6) is 1.10. The molecule has 0 saturated carbocycles. The van der Waals surface area contributed by atoms with Crippen molar-refractivity contribution in [3.05, 3.63) is 5.82 Å². The highest BCUT2D eigenvalue weighted by Crippen LogP contribution is 2.22. The van der Waals surface area contributed by atoms with E-state index in [2.05, 4.69) is 29.4 Å². The van der Waals surface area contributed by atoms with Crippen LogP contribution in [0, 0.1) is 5.92 Å². The number of hydrogen-bond acceptors (Lipinski definition) is 5. The van der Waals surface area contributed by atoms with Crippen LogP contribution in [-0.2, 0) is 11.3 Å². The maximum absolute atomic E-state index is 5.63. The second-order valence-electron chi connectivity index (χ2n) is 3.67. The van der Waals surface area contributed by atoms with Gasteiger partial charge in [0, 0.05) is 13.2 Å². The summed E-state index contributed by atoms with van der Waals surface area (Å²) < 4.78 is 7.34. The van der Waals surface area contributed by atoms with Gasteiger partial charge in [0.15, 0.2) is 5.82 Å². The Morgan fingerprint density at radius 1 is 1.47 bits per heavy atom. The van der Waals surface area contributed by atoms with Gasteiger partial charge < -0.3 is 10.5 Å². The predicted molar refractivity (Wildman–Crippen MR) is 56.1 cm³/mol. The Labute approximate surface area is 89.8 Å². The van der Waals surface area contributed by atoms with Crippen LogP contribution in [0.2, 0.25) is 0 Å². The fourth-order valence-electron chi connectivity index (χ4n) is 1.44. The van der Waals surface area contributed by atoms with Crippen LogP contribution in [0.4, 0.5) is 0 Å². The number of nitrogens with two attached hydrogens (primary N) is 1. The van der Waals surface area contributed by atoms with Crippen LogP contribution in [0.5, 0.6) is 0 Å². The first-order valence-corrected chi connectivity index (χ1v) is 5.28. The topological polar surface area (TPSA) is 78.9 Å². The van der Waals surface area contributed by atoms with Crippen molar-refractivity contribution >= 4 is 0 Å². The Kier molecular flexibility index (Phi) is 4.64. The van der Waals surface area contributed by atoms with Crippen molar-refractivity contribution in [3.8, 4) is 0 Å². The van der Waals surface area contributed by atoms with E-state index in [9.17, 15) is 0 Å². The monoisotopic (exact) mass is 213 g/mol. The van der Waals surface area contributed by atoms with Crippen molar-refractivity contribution < 1.29 is 4.74 Å². The quantitative estimate of drug-likeness (QED) is 0.738. The van der Waals surface area contributed by atoms with Gasteiger partial charge in [-0.1, -0.05) is 13.8 Å². The molecule has 0 aromatic carbocycles. The van der Waals surface area contributed by atoms with Crippen LogP contribution in [-0.4, -0.2) is 33.4 Å². The maximum atomic E-state index is 5.63. The van der Waals surface area contributed by atoms with Gasteiger partial charge >= 0.3 is 0 Å². The van der Waals surface area contributed by atoms with Gasteiger partial charge in [-0.3, -0.25) is 0 Å². The second-order valence-corrected chi connectivity index (χ2v) is 3.67. The summed E-state index contributed by atoms with van der Waals surface area (Å²) in [6.07, 6.45) is -0.0588. The Morgan fingerprint density at radius 2 is 2.20 bits per heavy atom. The molecule has 0 aliphatic rings. The van der Waals surface area contributed by atoms with Gasteiger partial charge in [-0.25, -0.2) is 4.68 Å². The molecule has 1 rings (SSSR count). The molecule has 86 valence electrons. The number of hydrogen-bond donors (Lipinski definition) is 1. The molecule has 0 saturated heterocycles. The van der Waals surface area contributed by atoms with E-state index >= 15 is 0 Å². The molecule has 1 atom stereocenters. The minimum Gasteiger partial charge on any atom is -0.370 e. The molecule has 0 amide bonds. The summed E-state index contributed by atoms with van der Waals surface area (Å²) in [6.45, 7) is 7.93. The molecule has 6 heteroatoms. The van der Waals surface area contributed by atoms with Crippen molar-refractivity contribution in [2.24, 2.45) is 11.7 Å². The average Bonchev–Trinajstić information content (AvgIpc) is 2.62. The third-order valence-electron chi connectivity index (χ3n) is 2.11. The van der Waals surface area contributed by atoms with E-state index < -0.39 is 0 Å². The van der Waals surface area contributed by atoms with Gasteiger partial charge in [-0.2, -0.15) is 0 Å². The average molecular weight is 213 g/mol. The fraction of sp³-hybridized carbons (Fsp3) is 0.889. The molecule has 6 nitrogen and oxygen atoms in total. The highest BCUT2D eigenvalue weighted by Gasteiger charge is 2.22. The Hall–Kier alpha value is -1.01. The minimum atomic E-state index is -0.0588. The first-order valence-electron chi connectivity index (χ1n) is 5.28. The zero-order valence-electron chi connectivity index (χ0n) is 9.55. The number of nitrogens with zero attached hydrogens (tertiary/aromatic N) is 4. The van der Waals surface area contributed by atoms with Gasteiger partial charge in [0.05, 0.1) is 6.54 Å². The molecule has 0 spiro atoms. The smallest absolute Gasteiger partial charge is 0.180 e. The lowest BCUT2D eigenvalue weighted by Gasteiger charge is -2.19. The first-order chi connectivity index (χ1) is 7.20. The number of aromatic nitrogens is 4. The molecule has 1 aromatic rings. The normalized spacial score (nSPS) is 13.4. The molecule has 0 aliphatic heterocycles. The van der Waals surface area contributed by atoms with Crippen LogP contribution in [0.25, 0.3) is 0 Å².